The minimum Gasteiger partial charge on any atom is -0.339 e. The van der Waals surface area contributed by atoms with E-state index in [4.69, 9.17) is 5.73 Å². The average Bonchev–Trinajstić information content (AvgIpc) is 2.22. The monoisotopic (exact) mass is 214 g/mol. The van der Waals surface area contributed by atoms with Gasteiger partial charge in [0.2, 0.25) is 5.91 Å². The molecule has 0 aliphatic heterocycles. The fourth-order valence-electron chi connectivity index (χ4n) is 1.54. The second-order valence-corrected chi connectivity index (χ2v) is 4.35. The van der Waals surface area contributed by atoms with E-state index in [1.807, 2.05) is 25.7 Å². The summed E-state index contributed by atoms with van der Waals surface area (Å²) in [6.07, 6.45) is 4.16. The van der Waals surface area contributed by atoms with Crippen LogP contribution in [-0.2, 0) is 4.79 Å². The number of rotatable bonds is 7. The summed E-state index contributed by atoms with van der Waals surface area (Å²) in [6.45, 7) is 9.06. The highest BCUT2D eigenvalue weighted by molar-refractivity contribution is 5.81. The van der Waals surface area contributed by atoms with Gasteiger partial charge in [-0.2, -0.15) is 0 Å². The highest BCUT2D eigenvalue weighted by atomic mass is 16.2. The van der Waals surface area contributed by atoms with Crippen LogP contribution in [0.5, 0.6) is 0 Å². The first kappa shape index (κ1) is 14.4. The lowest BCUT2D eigenvalue weighted by molar-refractivity contribution is -0.134. The fraction of sp³-hybridized carbons (Fsp3) is 0.917. The highest BCUT2D eigenvalue weighted by Crippen LogP contribution is 2.06. The first-order chi connectivity index (χ1) is 7.04. The number of carbonyl (C=O) groups excluding carboxylic acids is 1. The summed E-state index contributed by atoms with van der Waals surface area (Å²) in [7, 11) is 0. The molecule has 0 spiro atoms. The SMILES string of the molecule is CCCCCN(C(=O)[C@H](N)CC)C(C)C. The Morgan fingerprint density at radius 2 is 1.87 bits per heavy atom. The van der Waals surface area contributed by atoms with Gasteiger partial charge < -0.3 is 10.6 Å². The molecule has 2 N–H and O–H groups in total. The van der Waals surface area contributed by atoms with E-state index in [9.17, 15) is 4.79 Å². The van der Waals surface area contributed by atoms with Crippen molar-refractivity contribution in [3.63, 3.8) is 0 Å². The van der Waals surface area contributed by atoms with Crippen molar-refractivity contribution in [2.45, 2.75) is 65.5 Å². The summed E-state index contributed by atoms with van der Waals surface area (Å²) in [5.74, 6) is 0.101. The lowest BCUT2D eigenvalue weighted by atomic mass is 10.1. The minimum atomic E-state index is -0.325. The molecule has 0 aromatic rings. The maximum absolute atomic E-state index is 11.9. The van der Waals surface area contributed by atoms with Crippen LogP contribution < -0.4 is 5.73 Å². The summed E-state index contributed by atoms with van der Waals surface area (Å²) in [4.78, 5) is 13.8. The van der Waals surface area contributed by atoms with Crippen LogP contribution in [0.25, 0.3) is 0 Å². The summed E-state index contributed by atoms with van der Waals surface area (Å²) in [5, 5.41) is 0. The number of hydrogen-bond acceptors (Lipinski definition) is 2. The molecule has 0 bridgehead atoms. The third-order valence-electron chi connectivity index (χ3n) is 2.67. The summed E-state index contributed by atoms with van der Waals surface area (Å²) >= 11 is 0. The average molecular weight is 214 g/mol. The molecule has 0 aromatic heterocycles. The molecule has 0 fully saturated rings. The zero-order valence-corrected chi connectivity index (χ0v) is 10.6. The van der Waals surface area contributed by atoms with Crippen LogP contribution in [0.4, 0.5) is 0 Å². The zero-order valence-electron chi connectivity index (χ0n) is 10.6. The molecule has 3 nitrogen and oxygen atoms in total. The number of unbranched alkanes of at least 4 members (excludes halogenated alkanes) is 2. The highest BCUT2D eigenvalue weighted by Gasteiger charge is 2.21. The number of hydrogen-bond donors (Lipinski definition) is 1. The Morgan fingerprint density at radius 3 is 2.27 bits per heavy atom. The van der Waals surface area contributed by atoms with E-state index >= 15 is 0 Å². The molecule has 0 aromatic carbocycles. The molecule has 0 radical (unpaired) electrons. The van der Waals surface area contributed by atoms with Gasteiger partial charge in [-0.15, -0.1) is 0 Å². The molecule has 0 saturated carbocycles. The van der Waals surface area contributed by atoms with Crippen LogP contribution in [0.3, 0.4) is 0 Å². The molecule has 1 amide bonds. The van der Waals surface area contributed by atoms with Crippen molar-refractivity contribution in [3.05, 3.63) is 0 Å². The summed E-state index contributed by atoms with van der Waals surface area (Å²) < 4.78 is 0. The molecule has 0 unspecified atom stereocenters. The number of nitrogens with zero attached hydrogens (tertiary/aromatic N) is 1. The zero-order chi connectivity index (χ0) is 11.8. The van der Waals surface area contributed by atoms with Gasteiger partial charge in [-0.25, -0.2) is 0 Å². The van der Waals surface area contributed by atoms with E-state index < -0.39 is 0 Å². The molecule has 0 rings (SSSR count). The molecule has 90 valence electrons. The van der Waals surface area contributed by atoms with Crippen LogP contribution in [0.2, 0.25) is 0 Å². The van der Waals surface area contributed by atoms with Gasteiger partial charge in [-0.1, -0.05) is 26.7 Å². The third-order valence-corrected chi connectivity index (χ3v) is 2.67. The quantitative estimate of drug-likeness (QED) is 0.660. The van der Waals surface area contributed by atoms with Gasteiger partial charge in [0.05, 0.1) is 6.04 Å². The molecule has 0 aliphatic rings. The Bertz CT molecular complexity index is 180. The van der Waals surface area contributed by atoms with Crippen LogP contribution in [0.1, 0.15) is 53.4 Å². The Kier molecular flexibility index (Phi) is 7.39. The number of nitrogens with two attached hydrogens (primary N) is 1. The fourth-order valence-corrected chi connectivity index (χ4v) is 1.54. The topological polar surface area (TPSA) is 46.3 Å². The first-order valence-corrected chi connectivity index (χ1v) is 6.10. The maximum Gasteiger partial charge on any atom is 0.239 e. The molecule has 1 atom stereocenters. The second kappa shape index (κ2) is 7.69. The molecular formula is C12H26N2O. The molecular weight excluding hydrogens is 188 g/mol. The van der Waals surface area contributed by atoms with Gasteiger partial charge in [0.1, 0.15) is 0 Å². The standard InChI is InChI=1S/C12H26N2O/c1-5-7-8-9-14(10(3)4)12(15)11(13)6-2/h10-11H,5-9,13H2,1-4H3/t11-/m1/s1. The number of amides is 1. The van der Waals surface area contributed by atoms with Crippen molar-refractivity contribution in [2.24, 2.45) is 5.73 Å². The van der Waals surface area contributed by atoms with E-state index in [0.717, 1.165) is 19.4 Å². The largest absolute Gasteiger partial charge is 0.339 e. The predicted octanol–water partition coefficient (Wildman–Crippen LogP) is 2.15. The Labute approximate surface area is 94.0 Å². The van der Waals surface area contributed by atoms with Crippen molar-refractivity contribution in [1.29, 1.82) is 0 Å². The molecule has 0 aliphatic carbocycles. The van der Waals surface area contributed by atoms with Crippen molar-refractivity contribution >= 4 is 5.91 Å². The lowest BCUT2D eigenvalue weighted by Crippen LogP contribution is -2.47. The van der Waals surface area contributed by atoms with Gasteiger partial charge in [0.15, 0.2) is 0 Å². The normalized spacial score (nSPS) is 12.9. The van der Waals surface area contributed by atoms with Crippen molar-refractivity contribution < 1.29 is 4.79 Å². The molecule has 15 heavy (non-hydrogen) atoms. The van der Waals surface area contributed by atoms with Crippen molar-refractivity contribution in [3.8, 4) is 0 Å². The van der Waals surface area contributed by atoms with Gasteiger partial charge in [-0.3, -0.25) is 4.79 Å². The van der Waals surface area contributed by atoms with E-state index in [0.29, 0.717) is 0 Å². The molecule has 0 heterocycles. The van der Waals surface area contributed by atoms with Crippen LogP contribution >= 0.6 is 0 Å². The predicted molar refractivity (Wildman–Crippen MR) is 64.6 cm³/mol. The van der Waals surface area contributed by atoms with Gasteiger partial charge in [-0.05, 0) is 26.7 Å². The lowest BCUT2D eigenvalue weighted by Gasteiger charge is -2.29. The molecule has 0 saturated heterocycles. The van der Waals surface area contributed by atoms with E-state index in [1.165, 1.54) is 12.8 Å². The van der Waals surface area contributed by atoms with Gasteiger partial charge in [0, 0.05) is 12.6 Å². The molecule has 3 heteroatoms. The van der Waals surface area contributed by atoms with E-state index in [2.05, 4.69) is 6.92 Å². The minimum absolute atomic E-state index is 0.101. The first-order valence-electron chi connectivity index (χ1n) is 6.10. The Balaban J connectivity index is 4.19. The Hall–Kier alpha value is -0.570. The summed E-state index contributed by atoms with van der Waals surface area (Å²) in [5.41, 5.74) is 5.77. The third kappa shape index (κ3) is 5.17. The van der Waals surface area contributed by atoms with Gasteiger partial charge in [0.25, 0.3) is 0 Å². The van der Waals surface area contributed by atoms with Crippen molar-refractivity contribution in [2.75, 3.05) is 6.54 Å². The van der Waals surface area contributed by atoms with E-state index in [1.54, 1.807) is 0 Å². The smallest absolute Gasteiger partial charge is 0.239 e. The summed E-state index contributed by atoms with van der Waals surface area (Å²) in [6, 6.07) is -0.0685. The van der Waals surface area contributed by atoms with E-state index in [-0.39, 0.29) is 18.0 Å². The van der Waals surface area contributed by atoms with Crippen LogP contribution in [0, 0.1) is 0 Å². The number of carbonyl (C=O) groups is 1. The van der Waals surface area contributed by atoms with Crippen LogP contribution in [0.15, 0.2) is 0 Å². The van der Waals surface area contributed by atoms with Gasteiger partial charge >= 0.3 is 0 Å². The maximum atomic E-state index is 11.9. The Morgan fingerprint density at radius 1 is 1.27 bits per heavy atom. The van der Waals surface area contributed by atoms with Crippen molar-refractivity contribution in [1.82, 2.24) is 4.90 Å². The second-order valence-electron chi connectivity index (χ2n) is 4.35. The van der Waals surface area contributed by atoms with Crippen LogP contribution in [-0.4, -0.2) is 29.4 Å².